The Balaban J connectivity index is 1.49. The van der Waals surface area contributed by atoms with E-state index in [2.05, 4.69) is 34.5 Å². The molecule has 3 rings (SSSR count). The lowest BCUT2D eigenvalue weighted by Crippen LogP contribution is -2.51. The molecule has 0 spiro atoms. The van der Waals surface area contributed by atoms with Gasteiger partial charge in [-0.15, -0.1) is 0 Å². The molecule has 1 aliphatic heterocycles. The first kappa shape index (κ1) is 20.8. The zero-order valence-electron chi connectivity index (χ0n) is 17.2. The van der Waals surface area contributed by atoms with Gasteiger partial charge in [0.2, 0.25) is 0 Å². The van der Waals surface area contributed by atoms with E-state index in [4.69, 9.17) is 0 Å². The minimum absolute atomic E-state index is 0.449. The molecule has 0 atom stereocenters. The zero-order chi connectivity index (χ0) is 20.6. The molecule has 1 heterocycles. The van der Waals surface area contributed by atoms with Gasteiger partial charge in [0.05, 0.1) is 0 Å². The van der Waals surface area contributed by atoms with Crippen molar-refractivity contribution in [2.45, 2.75) is 20.3 Å². The maximum Gasteiger partial charge on any atom is 0.313 e. The quantitative estimate of drug-likeness (QED) is 0.796. The van der Waals surface area contributed by atoms with Crippen molar-refractivity contribution in [3.05, 3.63) is 71.3 Å². The molecule has 152 valence electrons. The van der Waals surface area contributed by atoms with Gasteiger partial charge in [-0.3, -0.25) is 14.5 Å². The highest BCUT2D eigenvalue weighted by Crippen LogP contribution is 2.21. The fraction of sp³-hybridized carbons (Fsp3) is 0.333. The first-order valence-corrected chi connectivity index (χ1v) is 10.2. The predicted octanol–water partition coefficient (Wildman–Crippen LogP) is 3.35. The number of nitrogens with zero attached hydrogens (tertiary/aromatic N) is 2. The van der Waals surface area contributed by atoms with Gasteiger partial charge < -0.3 is 10.2 Å². The second-order valence-electron chi connectivity index (χ2n) is 7.32. The summed E-state index contributed by atoms with van der Waals surface area (Å²) in [6, 6.07) is 16.1. The highest BCUT2D eigenvalue weighted by atomic mass is 16.2. The van der Waals surface area contributed by atoms with Crippen LogP contribution in [0.3, 0.4) is 0 Å². The van der Waals surface area contributed by atoms with Gasteiger partial charge in [0.1, 0.15) is 0 Å². The van der Waals surface area contributed by atoms with Crippen molar-refractivity contribution in [2.24, 2.45) is 0 Å². The average molecular weight is 392 g/mol. The van der Waals surface area contributed by atoms with E-state index in [0.717, 1.165) is 42.9 Å². The first-order valence-electron chi connectivity index (χ1n) is 10.2. The molecule has 2 amide bonds. The van der Waals surface area contributed by atoms with Crippen molar-refractivity contribution < 1.29 is 9.59 Å². The third-order valence-electron chi connectivity index (χ3n) is 5.31. The Bertz CT molecular complexity index is 869. The molecular weight excluding hydrogens is 362 g/mol. The van der Waals surface area contributed by atoms with Crippen molar-refractivity contribution in [2.75, 3.05) is 38.0 Å². The van der Waals surface area contributed by atoms with E-state index >= 15 is 0 Å². The highest BCUT2D eigenvalue weighted by molar-refractivity contribution is 6.39. The lowest BCUT2D eigenvalue weighted by molar-refractivity contribution is -0.144. The van der Waals surface area contributed by atoms with Gasteiger partial charge in [0, 0.05) is 38.4 Å². The predicted molar refractivity (Wildman–Crippen MR) is 118 cm³/mol. The van der Waals surface area contributed by atoms with Crippen LogP contribution in [0.15, 0.2) is 54.6 Å². The van der Waals surface area contributed by atoms with Crippen LogP contribution in [-0.2, 0) is 16.0 Å². The van der Waals surface area contributed by atoms with Crippen LogP contribution in [0.5, 0.6) is 0 Å². The van der Waals surface area contributed by atoms with Crippen LogP contribution < -0.4 is 5.32 Å². The molecule has 1 aliphatic rings. The normalized spacial score (nSPS) is 14.9. The molecule has 0 unspecified atom stereocenters. The van der Waals surface area contributed by atoms with E-state index in [0.29, 0.717) is 13.1 Å². The molecule has 1 N–H and O–H groups in total. The Morgan fingerprint density at radius 2 is 1.72 bits per heavy atom. The van der Waals surface area contributed by atoms with Crippen molar-refractivity contribution in [1.29, 1.82) is 0 Å². The van der Waals surface area contributed by atoms with Gasteiger partial charge in [-0.2, -0.15) is 0 Å². The van der Waals surface area contributed by atoms with Crippen molar-refractivity contribution in [3.63, 3.8) is 0 Å². The topological polar surface area (TPSA) is 52.7 Å². The van der Waals surface area contributed by atoms with Gasteiger partial charge >= 0.3 is 11.8 Å². The molecule has 2 aromatic rings. The van der Waals surface area contributed by atoms with Crippen LogP contribution in [0.1, 0.15) is 23.6 Å². The van der Waals surface area contributed by atoms with E-state index in [9.17, 15) is 9.59 Å². The number of nitrogens with one attached hydrogen (secondary N) is 1. The SMILES string of the molecule is CCc1cccc(C)c1NC(=O)C(=O)N1CCN(C/C=C/c2ccccc2)CC1. The molecular formula is C24H29N3O2. The maximum atomic E-state index is 12.6. The third kappa shape index (κ3) is 5.55. The molecule has 0 radical (unpaired) electrons. The number of anilines is 1. The fourth-order valence-electron chi connectivity index (χ4n) is 3.55. The lowest BCUT2D eigenvalue weighted by atomic mass is 10.1. The molecule has 1 fully saturated rings. The third-order valence-corrected chi connectivity index (χ3v) is 5.31. The van der Waals surface area contributed by atoms with Crippen molar-refractivity contribution >= 4 is 23.6 Å². The van der Waals surface area contributed by atoms with Crippen molar-refractivity contribution in [1.82, 2.24) is 9.80 Å². The Kier molecular flexibility index (Phi) is 7.19. The Labute approximate surface area is 173 Å². The van der Waals surface area contributed by atoms with E-state index in [1.807, 2.05) is 50.2 Å². The second-order valence-corrected chi connectivity index (χ2v) is 7.32. The van der Waals surface area contributed by atoms with Gasteiger partial charge in [0.25, 0.3) is 0 Å². The van der Waals surface area contributed by atoms with E-state index in [-0.39, 0.29) is 0 Å². The second kappa shape index (κ2) is 10.0. The summed E-state index contributed by atoms with van der Waals surface area (Å²) in [5.41, 5.74) is 3.96. The maximum absolute atomic E-state index is 12.6. The minimum atomic E-state index is -0.550. The first-order chi connectivity index (χ1) is 14.1. The monoisotopic (exact) mass is 391 g/mol. The molecule has 5 heteroatoms. The van der Waals surface area contributed by atoms with Gasteiger partial charge in [-0.25, -0.2) is 0 Å². The number of amides is 2. The molecule has 2 aromatic carbocycles. The highest BCUT2D eigenvalue weighted by Gasteiger charge is 2.26. The summed E-state index contributed by atoms with van der Waals surface area (Å²) >= 11 is 0. The minimum Gasteiger partial charge on any atom is -0.332 e. The number of carbonyl (C=O) groups is 2. The molecule has 1 saturated heterocycles. The Hall–Kier alpha value is -2.92. The summed E-state index contributed by atoms with van der Waals surface area (Å²) in [6.07, 6.45) is 5.06. The number of aryl methyl sites for hydroxylation is 2. The van der Waals surface area contributed by atoms with Gasteiger partial charge in [-0.1, -0.05) is 67.6 Å². The van der Waals surface area contributed by atoms with Crippen LogP contribution >= 0.6 is 0 Å². The van der Waals surface area contributed by atoms with E-state index in [1.54, 1.807) is 4.90 Å². The van der Waals surface area contributed by atoms with Crippen LogP contribution in [-0.4, -0.2) is 54.3 Å². The van der Waals surface area contributed by atoms with Crippen LogP contribution in [0.25, 0.3) is 6.08 Å². The number of para-hydroxylation sites is 1. The fourth-order valence-corrected chi connectivity index (χ4v) is 3.55. The summed E-state index contributed by atoms with van der Waals surface area (Å²) in [7, 11) is 0. The van der Waals surface area contributed by atoms with E-state index < -0.39 is 11.8 Å². The standard InChI is InChI=1S/C24H29N3O2/c1-3-21-13-7-9-19(2)22(21)25-23(28)24(29)27-17-15-26(16-18-27)14-8-12-20-10-5-4-6-11-20/h4-13H,3,14-18H2,1-2H3,(H,25,28)/b12-8+. The lowest BCUT2D eigenvalue weighted by Gasteiger charge is -2.33. The van der Waals surface area contributed by atoms with Crippen LogP contribution in [0, 0.1) is 6.92 Å². The van der Waals surface area contributed by atoms with Crippen LogP contribution in [0.2, 0.25) is 0 Å². The number of hydrogen-bond donors (Lipinski definition) is 1. The Morgan fingerprint density at radius 3 is 2.41 bits per heavy atom. The molecule has 0 bridgehead atoms. The molecule has 5 nitrogen and oxygen atoms in total. The number of hydrogen-bond acceptors (Lipinski definition) is 3. The summed E-state index contributed by atoms with van der Waals surface area (Å²) in [4.78, 5) is 29.1. The number of piperazine rings is 1. The Morgan fingerprint density at radius 1 is 1.00 bits per heavy atom. The van der Waals surface area contributed by atoms with E-state index in [1.165, 1.54) is 5.56 Å². The summed E-state index contributed by atoms with van der Waals surface area (Å²) < 4.78 is 0. The average Bonchev–Trinajstić information content (AvgIpc) is 2.76. The molecule has 0 aliphatic carbocycles. The van der Waals surface area contributed by atoms with Gasteiger partial charge in [-0.05, 0) is 30.0 Å². The largest absolute Gasteiger partial charge is 0.332 e. The van der Waals surface area contributed by atoms with Crippen LogP contribution in [0.4, 0.5) is 5.69 Å². The molecule has 29 heavy (non-hydrogen) atoms. The number of benzene rings is 2. The summed E-state index contributed by atoms with van der Waals surface area (Å²) in [5.74, 6) is -0.999. The molecule has 0 aromatic heterocycles. The summed E-state index contributed by atoms with van der Waals surface area (Å²) in [5, 5.41) is 2.84. The number of rotatable bonds is 5. The zero-order valence-corrected chi connectivity index (χ0v) is 17.2. The van der Waals surface area contributed by atoms with Gasteiger partial charge in [0.15, 0.2) is 0 Å². The number of carbonyl (C=O) groups excluding carboxylic acids is 2. The van der Waals surface area contributed by atoms with Crippen molar-refractivity contribution in [3.8, 4) is 0 Å². The molecule has 0 saturated carbocycles. The smallest absolute Gasteiger partial charge is 0.313 e. The summed E-state index contributed by atoms with van der Waals surface area (Å²) in [6.45, 7) is 7.50.